The van der Waals surface area contributed by atoms with Gasteiger partial charge in [0, 0.05) is 29.1 Å². The molecule has 1 unspecified atom stereocenters. The summed E-state index contributed by atoms with van der Waals surface area (Å²) in [6.45, 7) is 6.84. The number of halogens is 1. The number of carbonyl (C=O) groups excluding carboxylic acids is 4. The molecule has 3 fully saturated rings. The molecule has 0 aromatic carbocycles. The first kappa shape index (κ1) is 23.0. The Morgan fingerprint density at radius 3 is 2.62 bits per heavy atom. The number of ketones is 2. The molecule has 0 heterocycles. The first-order valence-corrected chi connectivity index (χ1v) is 11.4. The molecule has 0 amide bonds. The van der Waals surface area contributed by atoms with Crippen molar-refractivity contribution in [2.45, 2.75) is 77.2 Å². The minimum Gasteiger partial charge on any atom is -0.450 e. The molecule has 4 rings (SSSR count). The van der Waals surface area contributed by atoms with Gasteiger partial charge in [-0.25, -0.2) is 4.39 Å². The zero-order valence-corrected chi connectivity index (χ0v) is 19.0. The highest BCUT2D eigenvalue weighted by Gasteiger charge is 2.77. The monoisotopic (exact) mass is 446 g/mol. The normalized spacial score (nSPS) is 47.1. The highest BCUT2D eigenvalue weighted by molar-refractivity contribution is 6.29. The van der Waals surface area contributed by atoms with E-state index in [4.69, 9.17) is 4.74 Å². The van der Waals surface area contributed by atoms with Crippen molar-refractivity contribution < 1.29 is 33.4 Å². The Balaban J connectivity index is 1.86. The Kier molecular flexibility index (Phi) is 5.16. The Hall–Kier alpha value is -2.15. The van der Waals surface area contributed by atoms with Crippen LogP contribution in [-0.4, -0.2) is 46.3 Å². The number of Topliss-reactive ketones (excluding diaryl/α,β-unsaturated/α-hetero) is 1. The summed E-state index contributed by atoms with van der Waals surface area (Å²) >= 11 is 0. The minimum absolute atomic E-state index is 0.0332. The lowest BCUT2D eigenvalue weighted by Crippen LogP contribution is -2.70. The topological polar surface area (TPSA) is 97.7 Å². The second kappa shape index (κ2) is 7.17. The predicted octanol–water partition coefficient (Wildman–Crippen LogP) is 3.06. The third-order valence-corrected chi connectivity index (χ3v) is 9.22. The van der Waals surface area contributed by atoms with Gasteiger partial charge in [0.2, 0.25) is 5.78 Å². The van der Waals surface area contributed by atoms with Gasteiger partial charge in [0.05, 0.1) is 6.10 Å². The van der Waals surface area contributed by atoms with E-state index in [1.807, 2.05) is 0 Å². The summed E-state index contributed by atoms with van der Waals surface area (Å²) in [5.41, 5.74) is -5.35. The Morgan fingerprint density at radius 2 is 2.00 bits per heavy atom. The van der Waals surface area contributed by atoms with Gasteiger partial charge in [-0.2, -0.15) is 0 Å². The van der Waals surface area contributed by atoms with Gasteiger partial charge in [-0.05, 0) is 50.7 Å². The van der Waals surface area contributed by atoms with E-state index in [1.54, 1.807) is 33.8 Å². The van der Waals surface area contributed by atoms with Crippen molar-refractivity contribution in [1.82, 2.24) is 0 Å². The van der Waals surface area contributed by atoms with Crippen LogP contribution in [0.15, 0.2) is 23.8 Å². The van der Waals surface area contributed by atoms with Crippen LogP contribution in [-0.2, 0) is 23.9 Å². The van der Waals surface area contributed by atoms with Gasteiger partial charge < -0.3 is 9.84 Å². The first-order chi connectivity index (χ1) is 14.9. The number of ether oxygens (including phenoxy) is 1. The van der Waals surface area contributed by atoms with Gasteiger partial charge in [0.15, 0.2) is 23.3 Å². The number of alkyl halides is 1. The molecule has 174 valence electrons. The van der Waals surface area contributed by atoms with E-state index < -0.39 is 51.8 Å². The minimum atomic E-state index is -2.05. The number of hydrogen-bond donors (Lipinski definition) is 1. The molecule has 1 N–H and O–H groups in total. The van der Waals surface area contributed by atoms with Crippen LogP contribution in [0.5, 0.6) is 0 Å². The van der Waals surface area contributed by atoms with Gasteiger partial charge >= 0.3 is 5.97 Å². The number of aldehydes is 1. The summed E-state index contributed by atoms with van der Waals surface area (Å²) in [4.78, 5) is 49.1. The highest BCUT2D eigenvalue weighted by atomic mass is 19.1. The van der Waals surface area contributed by atoms with Gasteiger partial charge in [-0.1, -0.05) is 32.4 Å². The maximum absolute atomic E-state index is 17.1. The van der Waals surface area contributed by atoms with E-state index in [9.17, 15) is 24.3 Å². The molecule has 7 heteroatoms. The van der Waals surface area contributed by atoms with Gasteiger partial charge in [-0.15, -0.1) is 0 Å². The van der Waals surface area contributed by atoms with E-state index in [0.29, 0.717) is 24.8 Å². The SMILES string of the molecule is CCC(=O)OC1(C(=O)C=O)[C@@H](C)C[C@@H]2[C@@H]3CCC4=CC(=O)C=C[C@]4(C)[C@]3(F)[C@@H](O)C[C@@]21C. The van der Waals surface area contributed by atoms with Gasteiger partial charge in [0.25, 0.3) is 0 Å². The molecule has 6 nitrogen and oxygen atoms in total. The average molecular weight is 447 g/mol. The third kappa shape index (κ3) is 2.54. The number of carbonyl (C=O) groups is 4. The molecule has 32 heavy (non-hydrogen) atoms. The Labute approximate surface area is 187 Å². The third-order valence-electron chi connectivity index (χ3n) is 9.22. The predicted molar refractivity (Wildman–Crippen MR) is 113 cm³/mol. The molecule has 4 aliphatic rings. The molecule has 0 aromatic heterocycles. The van der Waals surface area contributed by atoms with Gasteiger partial charge in [-0.3, -0.25) is 19.2 Å². The van der Waals surface area contributed by atoms with E-state index in [-0.39, 0.29) is 30.8 Å². The number of fused-ring (bicyclic) bond motifs is 5. The van der Waals surface area contributed by atoms with Crippen molar-refractivity contribution in [3.63, 3.8) is 0 Å². The zero-order chi connectivity index (χ0) is 23.7. The van der Waals surface area contributed by atoms with Crippen molar-refractivity contribution in [1.29, 1.82) is 0 Å². The molecular weight excluding hydrogens is 415 g/mol. The van der Waals surface area contributed by atoms with Crippen molar-refractivity contribution in [3.8, 4) is 0 Å². The standard InChI is InChI=1S/C25H31FO6/c1-5-21(31)32-25(20(30)13-27)14(2)10-18-17-7-6-15-11-16(28)8-9-22(15,3)24(17,26)19(29)12-23(18,25)4/h8-9,11,13-14,17-19,29H,5-7,10,12H2,1-4H3/t14-,17-,18+,19-,22-,23-,24+,25?/m0/s1. The van der Waals surface area contributed by atoms with Gasteiger partial charge in [0.1, 0.15) is 0 Å². The van der Waals surface area contributed by atoms with E-state index >= 15 is 4.39 Å². The zero-order valence-electron chi connectivity index (χ0n) is 19.0. The maximum atomic E-state index is 17.1. The van der Waals surface area contributed by atoms with Crippen LogP contribution < -0.4 is 0 Å². The smallest absolute Gasteiger partial charge is 0.306 e. The van der Waals surface area contributed by atoms with Crippen molar-refractivity contribution in [2.75, 3.05) is 0 Å². The second-order valence-electron chi connectivity index (χ2n) is 10.4. The molecule has 0 spiro atoms. The van der Waals surface area contributed by atoms with Crippen molar-refractivity contribution >= 4 is 23.8 Å². The quantitative estimate of drug-likeness (QED) is 0.405. The Bertz CT molecular complexity index is 954. The molecular formula is C25H31FO6. The van der Waals surface area contributed by atoms with Crippen molar-refractivity contribution in [3.05, 3.63) is 23.8 Å². The molecule has 0 bridgehead atoms. The van der Waals surface area contributed by atoms with E-state index in [2.05, 4.69) is 0 Å². The molecule has 0 saturated heterocycles. The maximum Gasteiger partial charge on any atom is 0.306 e. The molecule has 0 aliphatic heterocycles. The molecule has 0 radical (unpaired) electrons. The lowest BCUT2D eigenvalue weighted by Gasteiger charge is -2.62. The fourth-order valence-corrected chi connectivity index (χ4v) is 7.66. The number of rotatable bonds is 4. The summed E-state index contributed by atoms with van der Waals surface area (Å²) in [6.07, 6.45) is 4.32. The summed E-state index contributed by atoms with van der Waals surface area (Å²) in [5.74, 6) is -3.14. The van der Waals surface area contributed by atoms with Crippen LogP contribution in [0, 0.1) is 28.6 Å². The lowest BCUT2D eigenvalue weighted by atomic mass is 9.44. The lowest BCUT2D eigenvalue weighted by molar-refractivity contribution is -0.226. The largest absolute Gasteiger partial charge is 0.450 e. The van der Waals surface area contributed by atoms with E-state index in [0.717, 1.165) is 0 Å². The van der Waals surface area contributed by atoms with Crippen LogP contribution in [0.4, 0.5) is 4.39 Å². The second-order valence-corrected chi connectivity index (χ2v) is 10.4. The molecule has 3 saturated carbocycles. The number of aliphatic hydroxyl groups is 1. The fraction of sp³-hybridized carbons (Fsp3) is 0.680. The van der Waals surface area contributed by atoms with Crippen LogP contribution >= 0.6 is 0 Å². The first-order valence-electron chi connectivity index (χ1n) is 11.4. The van der Waals surface area contributed by atoms with E-state index in [1.165, 1.54) is 12.2 Å². The van der Waals surface area contributed by atoms with Crippen LogP contribution in [0.3, 0.4) is 0 Å². The summed E-state index contributed by atoms with van der Waals surface area (Å²) < 4.78 is 22.9. The van der Waals surface area contributed by atoms with Crippen LogP contribution in [0.25, 0.3) is 0 Å². The average Bonchev–Trinajstić information content (AvgIpc) is 2.96. The summed E-state index contributed by atoms with van der Waals surface area (Å²) in [5, 5.41) is 11.3. The van der Waals surface area contributed by atoms with Crippen LogP contribution in [0.1, 0.15) is 59.8 Å². The van der Waals surface area contributed by atoms with Crippen LogP contribution in [0.2, 0.25) is 0 Å². The number of hydrogen-bond acceptors (Lipinski definition) is 6. The fourth-order valence-electron chi connectivity index (χ4n) is 7.66. The number of allylic oxidation sites excluding steroid dienone is 4. The molecule has 8 atom stereocenters. The molecule has 4 aliphatic carbocycles. The summed E-state index contributed by atoms with van der Waals surface area (Å²) in [6, 6.07) is 0. The number of aliphatic hydroxyl groups excluding tert-OH is 1. The summed E-state index contributed by atoms with van der Waals surface area (Å²) in [7, 11) is 0. The number of esters is 1. The highest BCUT2D eigenvalue weighted by Crippen LogP contribution is 2.71. The molecule has 0 aromatic rings. The van der Waals surface area contributed by atoms with Crippen molar-refractivity contribution in [2.24, 2.45) is 28.6 Å². The Morgan fingerprint density at radius 1 is 1.31 bits per heavy atom.